The largest absolute Gasteiger partial charge is 0.465 e. The molecule has 7 heteroatoms. The Bertz CT molecular complexity index is 1610. The van der Waals surface area contributed by atoms with Gasteiger partial charge in [0.05, 0.1) is 23.7 Å². The maximum atomic E-state index is 14.2. The molecule has 5 aromatic rings. The van der Waals surface area contributed by atoms with E-state index in [0.717, 1.165) is 10.4 Å². The first-order valence-corrected chi connectivity index (χ1v) is 13.2. The number of benzene rings is 3. The van der Waals surface area contributed by atoms with E-state index < -0.39 is 0 Å². The molecule has 0 amide bonds. The second-order valence-corrected chi connectivity index (χ2v) is 10.2. The number of nitrogens with zero attached hydrogens (tertiary/aromatic N) is 3. The van der Waals surface area contributed by atoms with Crippen LogP contribution in [0.25, 0.3) is 15.9 Å². The van der Waals surface area contributed by atoms with Crippen LogP contribution in [-0.2, 0) is 6.42 Å². The zero-order chi connectivity index (χ0) is 25.5. The number of fused-ring (bicyclic) bond motifs is 3. The van der Waals surface area contributed by atoms with Crippen molar-refractivity contribution in [3.63, 3.8) is 0 Å². The molecule has 0 fully saturated rings. The molecule has 3 heterocycles. The predicted molar refractivity (Wildman–Crippen MR) is 145 cm³/mol. The highest BCUT2D eigenvalue weighted by molar-refractivity contribution is 7.19. The highest BCUT2D eigenvalue weighted by Gasteiger charge is 2.37. The summed E-state index contributed by atoms with van der Waals surface area (Å²) in [6.07, 6.45) is 0.688. The second-order valence-electron chi connectivity index (χ2n) is 9.18. The quantitative estimate of drug-likeness (QED) is 0.278. The Morgan fingerprint density at radius 3 is 2.27 bits per heavy atom. The molecule has 186 valence electrons. The van der Waals surface area contributed by atoms with E-state index in [4.69, 9.17) is 9.72 Å². The molecule has 1 aliphatic rings. The Labute approximate surface area is 218 Å². The van der Waals surface area contributed by atoms with Gasteiger partial charge in [0.15, 0.2) is 0 Å². The molecule has 2 aromatic heterocycles. The molecule has 1 aliphatic heterocycles. The van der Waals surface area contributed by atoms with E-state index in [-0.39, 0.29) is 29.5 Å². The third-order valence-corrected chi connectivity index (χ3v) is 8.21. The first kappa shape index (κ1) is 23.6. The van der Waals surface area contributed by atoms with E-state index >= 15 is 0 Å². The van der Waals surface area contributed by atoms with E-state index in [1.165, 1.54) is 27.8 Å². The number of likely N-dealkylation sites (N-methyl/N-ethyl adjacent to an activating group) is 1. The summed E-state index contributed by atoms with van der Waals surface area (Å²) in [7, 11) is 2.15. The molecular formula is C30H26FN3O2S. The van der Waals surface area contributed by atoms with Crippen molar-refractivity contribution in [3.05, 3.63) is 123 Å². The Kier molecular flexibility index (Phi) is 6.10. The number of thiophene rings is 1. The number of aromatic nitrogens is 2. The van der Waals surface area contributed by atoms with Crippen molar-refractivity contribution in [2.24, 2.45) is 0 Å². The van der Waals surface area contributed by atoms with Crippen LogP contribution >= 0.6 is 11.3 Å². The number of hydrogen-bond acceptors (Lipinski definition) is 5. The van der Waals surface area contributed by atoms with Crippen LogP contribution in [0, 0.1) is 5.82 Å². The van der Waals surface area contributed by atoms with E-state index in [1.54, 1.807) is 23.5 Å². The molecule has 0 saturated heterocycles. The average Bonchev–Trinajstić information content (AvgIpc) is 3.28. The van der Waals surface area contributed by atoms with Crippen LogP contribution < -0.4 is 10.3 Å². The molecule has 5 nitrogen and oxygen atoms in total. The average molecular weight is 512 g/mol. The molecule has 2 atom stereocenters. The van der Waals surface area contributed by atoms with E-state index in [1.807, 2.05) is 19.1 Å². The van der Waals surface area contributed by atoms with E-state index in [2.05, 4.69) is 60.5 Å². The van der Waals surface area contributed by atoms with Crippen molar-refractivity contribution in [2.45, 2.75) is 25.4 Å². The summed E-state index contributed by atoms with van der Waals surface area (Å²) in [6, 6.07) is 26.9. The van der Waals surface area contributed by atoms with Crippen LogP contribution in [0.3, 0.4) is 0 Å². The van der Waals surface area contributed by atoms with Crippen molar-refractivity contribution in [1.29, 1.82) is 0 Å². The smallest absolute Gasteiger partial charge is 0.305 e. The van der Waals surface area contributed by atoms with E-state index in [9.17, 15) is 9.18 Å². The minimum absolute atomic E-state index is 0.0245. The molecule has 2 unspecified atom stereocenters. The lowest BCUT2D eigenvalue weighted by atomic mass is 9.87. The van der Waals surface area contributed by atoms with Gasteiger partial charge in [-0.05, 0) is 61.3 Å². The number of halogens is 1. The lowest BCUT2D eigenvalue weighted by Crippen LogP contribution is -2.35. The van der Waals surface area contributed by atoms with Gasteiger partial charge in [-0.25, -0.2) is 8.96 Å². The third kappa shape index (κ3) is 4.04. The zero-order valence-corrected chi connectivity index (χ0v) is 21.4. The molecule has 0 bridgehead atoms. The van der Waals surface area contributed by atoms with Gasteiger partial charge in [-0.2, -0.15) is 4.98 Å². The summed E-state index contributed by atoms with van der Waals surface area (Å²) >= 11 is 1.56. The summed E-state index contributed by atoms with van der Waals surface area (Å²) in [5.41, 5.74) is 3.73. The van der Waals surface area contributed by atoms with Gasteiger partial charge in [0, 0.05) is 10.9 Å². The van der Waals surface area contributed by atoms with Gasteiger partial charge in [-0.15, -0.1) is 11.3 Å². The minimum Gasteiger partial charge on any atom is -0.465 e. The first-order valence-electron chi connectivity index (χ1n) is 12.4. The van der Waals surface area contributed by atoms with Gasteiger partial charge in [0.25, 0.3) is 5.56 Å². The standard InChI is InChI=1S/C30H26FN3O2S/c1-3-36-30-32-28-25(29(35)34(30)22-16-14-21(31)15-17-22)23-18-24(19-10-6-4-7-11-19)33(2)26(27(23)37-28)20-12-8-5-9-13-20/h4-17,24,26H,3,18H2,1-2H3. The number of ether oxygens (including phenoxy) is 1. The van der Waals surface area contributed by atoms with Crippen LogP contribution in [0.15, 0.2) is 89.7 Å². The number of hydrogen-bond donors (Lipinski definition) is 0. The van der Waals surface area contributed by atoms with Crippen molar-refractivity contribution < 1.29 is 9.13 Å². The van der Waals surface area contributed by atoms with Crippen LogP contribution in [0.1, 0.15) is 40.6 Å². The molecule has 3 aromatic carbocycles. The molecule has 0 aliphatic carbocycles. The Balaban J connectivity index is 1.63. The summed E-state index contributed by atoms with van der Waals surface area (Å²) in [6.45, 7) is 2.21. The van der Waals surface area contributed by atoms with Crippen molar-refractivity contribution in [2.75, 3.05) is 13.7 Å². The van der Waals surface area contributed by atoms with Gasteiger partial charge in [-0.1, -0.05) is 60.7 Å². The lowest BCUT2D eigenvalue weighted by Gasteiger charge is -2.40. The zero-order valence-electron chi connectivity index (χ0n) is 20.6. The van der Waals surface area contributed by atoms with E-state index in [0.29, 0.717) is 28.9 Å². The predicted octanol–water partition coefficient (Wildman–Crippen LogP) is 6.30. The van der Waals surface area contributed by atoms with Crippen LogP contribution in [0.5, 0.6) is 6.01 Å². The fourth-order valence-electron chi connectivity index (χ4n) is 5.32. The van der Waals surface area contributed by atoms with Crippen molar-refractivity contribution in [1.82, 2.24) is 14.5 Å². The fraction of sp³-hybridized carbons (Fsp3) is 0.200. The normalized spacial score (nSPS) is 17.6. The molecule has 0 spiro atoms. The fourth-order valence-corrected chi connectivity index (χ4v) is 6.69. The highest BCUT2D eigenvalue weighted by atomic mass is 32.1. The van der Waals surface area contributed by atoms with Crippen LogP contribution in [0.4, 0.5) is 4.39 Å². The first-order chi connectivity index (χ1) is 18.1. The van der Waals surface area contributed by atoms with Crippen LogP contribution in [0.2, 0.25) is 0 Å². The Morgan fingerprint density at radius 1 is 0.973 bits per heavy atom. The number of rotatable bonds is 5. The topological polar surface area (TPSA) is 47.4 Å². The summed E-state index contributed by atoms with van der Waals surface area (Å²) in [5.74, 6) is -0.365. The summed E-state index contributed by atoms with van der Waals surface area (Å²) < 4.78 is 21.0. The molecule has 0 radical (unpaired) electrons. The summed E-state index contributed by atoms with van der Waals surface area (Å²) in [5, 5.41) is 0.614. The minimum atomic E-state index is -0.365. The SMILES string of the molecule is CCOc1nc2sc3c(c2c(=O)n1-c1ccc(F)cc1)CC(c1ccccc1)N(C)C3c1ccccc1. The molecule has 0 N–H and O–H groups in total. The monoisotopic (exact) mass is 511 g/mol. The van der Waals surface area contributed by atoms with Gasteiger partial charge in [0.2, 0.25) is 0 Å². The Hall–Kier alpha value is -3.81. The van der Waals surface area contributed by atoms with Gasteiger partial charge in [-0.3, -0.25) is 9.69 Å². The van der Waals surface area contributed by atoms with Gasteiger partial charge >= 0.3 is 6.01 Å². The molecular weight excluding hydrogens is 485 g/mol. The summed E-state index contributed by atoms with van der Waals surface area (Å²) in [4.78, 5) is 23.2. The highest BCUT2D eigenvalue weighted by Crippen LogP contribution is 2.48. The maximum Gasteiger partial charge on any atom is 0.305 e. The molecule has 37 heavy (non-hydrogen) atoms. The van der Waals surface area contributed by atoms with Crippen molar-refractivity contribution >= 4 is 21.6 Å². The lowest BCUT2D eigenvalue weighted by molar-refractivity contribution is 0.185. The Morgan fingerprint density at radius 2 is 1.62 bits per heavy atom. The van der Waals surface area contributed by atoms with Crippen molar-refractivity contribution in [3.8, 4) is 11.7 Å². The van der Waals surface area contributed by atoms with Gasteiger partial charge in [0.1, 0.15) is 10.6 Å². The maximum absolute atomic E-state index is 14.2. The second kappa shape index (κ2) is 9.57. The molecule has 0 saturated carbocycles. The third-order valence-electron chi connectivity index (χ3n) is 7.03. The van der Waals surface area contributed by atoms with Gasteiger partial charge < -0.3 is 4.74 Å². The van der Waals surface area contributed by atoms with Crippen LogP contribution in [-0.4, -0.2) is 28.1 Å². The molecule has 6 rings (SSSR count).